The first-order valence-electron chi connectivity index (χ1n) is 15.5. The van der Waals surface area contributed by atoms with Crippen LogP contribution < -0.4 is 0 Å². The zero-order valence-corrected chi connectivity index (χ0v) is 28.5. The molecular formula is C34H38Cl2N6O2S. The van der Waals surface area contributed by atoms with Crippen LogP contribution in [0.5, 0.6) is 0 Å². The third kappa shape index (κ3) is 5.54. The fourth-order valence-corrected chi connectivity index (χ4v) is 8.71. The van der Waals surface area contributed by atoms with Gasteiger partial charge in [-0.3, -0.25) is 9.59 Å². The van der Waals surface area contributed by atoms with Gasteiger partial charge in [0.1, 0.15) is 22.5 Å². The van der Waals surface area contributed by atoms with Gasteiger partial charge in [0, 0.05) is 41.4 Å². The van der Waals surface area contributed by atoms with Crippen LogP contribution >= 0.6 is 35.0 Å². The third-order valence-corrected chi connectivity index (χ3v) is 11.3. The Morgan fingerprint density at radius 2 is 1.69 bits per heavy atom. The van der Waals surface area contributed by atoms with Gasteiger partial charge in [0.25, 0.3) is 5.91 Å². The number of benzene rings is 2. The van der Waals surface area contributed by atoms with Crippen molar-refractivity contribution in [2.24, 2.45) is 10.9 Å². The Hall–Kier alpha value is -3.03. The molecule has 8 nitrogen and oxygen atoms in total. The lowest BCUT2D eigenvalue weighted by molar-refractivity contribution is -0.144. The molecule has 6 rings (SSSR count). The number of carbonyl (C=O) groups is 2. The number of hydrogen-bond donors (Lipinski definition) is 0. The van der Waals surface area contributed by atoms with Gasteiger partial charge < -0.3 is 19.6 Å². The normalized spacial score (nSPS) is 28.5. The molecule has 0 unspecified atom stereocenters. The second-order valence-electron chi connectivity index (χ2n) is 12.9. The average Bonchev–Trinajstić information content (AvgIpc) is 3.69. The number of piperazine rings is 1. The lowest BCUT2D eigenvalue weighted by atomic mass is 9.81. The number of nitrogens with zero attached hydrogens (tertiary/aromatic N) is 6. The highest BCUT2D eigenvalue weighted by atomic mass is 35.5. The summed E-state index contributed by atoms with van der Waals surface area (Å²) in [4.78, 5) is 42.2. The summed E-state index contributed by atoms with van der Waals surface area (Å²) < 4.78 is 0. The molecule has 2 amide bonds. The van der Waals surface area contributed by atoms with E-state index in [9.17, 15) is 14.9 Å². The summed E-state index contributed by atoms with van der Waals surface area (Å²) in [7, 11) is 2.06. The number of fused-ring (bicyclic) bond motifs is 1. The summed E-state index contributed by atoms with van der Waals surface area (Å²) in [6.45, 7) is 10.4. The minimum atomic E-state index is -0.686. The first-order chi connectivity index (χ1) is 21.4. The molecule has 4 aliphatic rings. The molecule has 0 spiro atoms. The van der Waals surface area contributed by atoms with Crippen LogP contribution in [0.1, 0.15) is 57.7 Å². The average molecular weight is 666 g/mol. The fourth-order valence-electron chi connectivity index (χ4n) is 7.10. The monoisotopic (exact) mass is 664 g/mol. The van der Waals surface area contributed by atoms with E-state index in [2.05, 4.69) is 50.6 Å². The maximum absolute atomic E-state index is 14.6. The van der Waals surface area contributed by atoms with Gasteiger partial charge in [-0.1, -0.05) is 61.3 Å². The number of likely N-dealkylation sites (N-methyl/N-ethyl adjacent to an activating group) is 1. The number of rotatable bonds is 5. The van der Waals surface area contributed by atoms with Gasteiger partial charge in [-0.25, -0.2) is 4.99 Å². The number of halogens is 2. The third-order valence-electron chi connectivity index (χ3n) is 9.69. The van der Waals surface area contributed by atoms with Crippen molar-refractivity contribution < 1.29 is 9.59 Å². The van der Waals surface area contributed by atoms with E-state index < -0.39 is 17.6 Å². The van der Waals surface area contributed by atoms with Crippen molar-refractivity contribution in [1.82, 2.24) is 19.6 Å². The van der Waals surface area contributed by atoms with Gasteiger partial charge in [-0.05, 0) is 86.8 Å². The van der Waals surface area contributed by atoms with Crippen LogP contribution in [0.15, 0.2) is 64.1 Å². The quantitative estimate of drug-likeness (QED) is 0.374. The summed E-state index contributed by atoms with van der Waals surface area (Å²) in [5, 5.41) is 12.1. The molecule has 0 aromatic heterocycles. The van der Waals surface area contributed by atoms with Gasteiger partial charge in [0.05, 0.1) is 12.1 Å². The number of aliphatic imine (C=N–C) groups is 1. The molecule has 2 saturated heterocycles. The van der Waals surface area contributed by atoms with Crippen molar-refractivity contribution in [2.45, 2.75) is 70.2 Å². The first-order valence-corrected chi connectivity index (χ1v) is 17.1. The summed E-state index contributed by atoms with van der Waals surface area (Å²) in [6.07, 6.45) is 0.953. The van der Waals surface area contributed by atoms with E-state index in [4.69, 9.17) is 28.2 Å². The Balaban J connectivity index is 1.40. The highest BCUT2D eigenvalue weighted by molar-refractivity contribution is 8.18. The summed E-state index contributed by atoms with van der Waals surface area (Å²) in [5.41, 5.74) is 2.18. The van der Waals surface area contributed by atoms with Crippen molar-refractivity contribution in [2.75, 3.05) is 26.7 Å². The molecule has 0 aliphatic carbocycles. The molecule has 2 aromatic rings. The Labute approximate surface area is 279 Å². The molecule has 0 bridgehead atoms. The number of amidine groups is 1. The molecule has 4 heterocycles. The number of likely N-dealkylation sites (tertiary alicyclic amines) is 1. The zero-order valence-electron chi connectivity index (χ0n) is 26.2. The summed E-state index contributed by atoms with van der Waals surface area (Å²) >= 11 is 13.9. The largest absolute Gasteiger partial charge is 0.338 e. The topological polar surface area (TPSA) is 83.2 Å². The predicted octanol–water partition coefficient (Wildman–Crippen LogP) is 6.28. The zero-order chi connectivity index (χ0) is 32.2. The van der Waals surface area contributed by atoms with Gasteiger partial charge in [0.2, 0.25) is 5.91 Å². The minimum Gasteiger partial charge on any atom is -0.338 e. The molecule has 0 N–H and O–H groups in total. The highest BCUT2D eigenvalue weighted by Crippen LogP contribution is 2.56. The summed E-state index contributed by atoms with van der Waals surface area (Å²) in [5.74, 6) is -0.376. The van der Waals surface area contributed by atoms with Crippen LogP contribution in [0, 0.1) is 17.2 Å². The Kier molecular flexibility index (Phi) is 8.72. The van der Waals surface area contributed by atoms with Crippen molar-refractivity contribution in [1.29, 1.82) is 5.26 Å². The number of amides is 2. The van der Waals surface area contributed by atoms with Crippen LogP contribution in [0.25, 0.3) is 0 Å². The van der Waals surface area contributed by atoms with Gasteiger partial charge in [-0.15, -0.1) is 0 Å². The van der Waals surface area contributed by atoms with Crippen LogP contribution in [0.2, 0.25) is 10.0 Å². The highest BCUT2D eigenvalue weighted by Gasteiger charge is 2.54. The second-order valence-corrected chi connectivity index (χ2v) is 14.8. The molecule has 0 radical (unpaired) electrons. The molecule has 11 heteroatoms. The van der Waals surface area contributed by atoms with Gasteiger partial charge in [0.15, 0.2) is 5.17 Å². The van der Waals surface area contributed by atoms with Crippen molar-refractivity contribution in [3.05, 3.63) is 80.3 Å². The molecule has 45 heavy (non-hydrogen) atoms. The lowest BCUT2D eigenvalue weighted by Gasteiger charge is -2.40. The Morgan fingerprint density at radius 1 is 1.04 bits per heavy atom. The SMILES string of the molecule is CC(C)C1=C(C(=O)N2[C@H](C#N)CC[C@H]2C(=O)N2CCN(C)[C@H](C)C2)SC2=N[C@@](C)(c3ccc(Cl)cc3)[C@@H](c3ccc(Cl)cc3)N21. The van der Waals surface area contributed by atoms with E-state index in [0.29, 0.717) is 40.9 Å². The van der Waals surface area contributed by atoms with Gasteiger partial charge in [-0.2, -0.15) is 5.26 Å². The van der Waals surface area contributed by atoms with E-state index in [1.807, 2.05) is 53.4 Å². The smallest absolute Gasteiger partial charge is 0.264 e. The molecular weight excluding hydrogens is 627 g/mol. The van der Waals surface area contributed by atoms with E-state index in [1.165, 1.54) is 11.8 Å². The summed E-state index contributed by atoms with van der Waals surface area (Å²) in [6, 6.07) is 16.5. The van der Waals surface area contributed by atoms with Crippen LogP contribution in [-0.2, 0) is 15.1 Å². The maximum atomic E-state index is 14.6. The first kappa shape index (κ1) is 31.9. The molecule has 5 atom stereocenters. The van der Waals surface area contributed by atoms with E-state index >= 15 is 0 Å². The van der Waals surface area contributed by atoms with Crippen LogP contribution in [0.4, 0.5) is 0 Å². The second kappa shape index (κ2) is 12.3. The number of thioether (sulfide) groups is 1. The fraction of sp³-hybridized carbons (Fsp3) is 0.471. The van der Waals surface area contributed by atoms with Crippen LogP contribution in [0.3, 0.4) is 0 Å². The number of carbonyl (C=O) groups excluding carboxylic acids is 2. The standard InChI is InChI=1S/C34H38Cl2N6O2S/c1-20(2)28-29(32(44)41-26(18-37)14-15-27(41)31(43)40-17-16-39(5)21(3)19-40)45-33-38-34(4,23-8-12-25(36)13-9-23)30(42(28)33)22-6-10-24(35)11-7-22/h6-13,20-21,26-27,30H,14-17,19H2,1-5H3/t21-,26+,27+,30-,34+/m1/s1. The Morgan fingerprint density at radius 3 is 2.29 bits per heavy atom. The molecule has 0 saturated carbocycles. The maximum Gasteiger partial charge on any atom is 0.264 e. The minimum absolute atomic E-state index is 0.0395. The van der Waals surface area contributed by atoms with E-state index in [0.717, 1.165) is 28.5 Å². The molecule has 236 valence electrons. The van der Waals surface area contributed by atoms with E-state index in [1.54, 1.807) is 4.90 Å². The van der Waals surface area contributed by atoms with Crippen molar-refractivity contribution in [3.8, 4) is 6.07 Å². The van der Waals surface area contributed by atoms with Gasteiger partial charge >= 0.3 is 0 Å². The number of hydrogen-bond acceptors (Lipinski definition) is 7. The molecule has 2 fully saturated rings. The number of nitriles is 1. The molecule has 2 aromatic carbocycles. The predicted molar refractivity (Wildman–Crippen MR) is 180 cm³/mol. The van der Waals surface area contributed by atoms with Crippen LogP contribution in [-0.4, -0.2) is 81.4 Å². The molecule has 4 aliphatic heterocycles. The van der Waals surface area contributed by atoms with E-state index in [-0.39, 0.29) is 29.8 Å². The Bertz CT molecular complexity index is 1600. The van der Waals surface area contributed by atoms with Crippen molar-refractivity contribution >= 4 is 51.9 Å². The lowest BCUT2D eigenvalue weighted by Crippen LogP contribution is -2.57. The number of allylic oxidation sites excluding steroid dienone is 1. The van der Waals surface area contributed by atoms with Crippen molar-refractivity contribution in [3.63, 3.8) is 0 Å².